The van der Waals surface area contributed by atoms with E-state index in [1.807, 2.05) is 61.5 Å². The van der Waals surface area contributed by atoms with E-state index in [2.05, 4.69) is 5.32 Å². The number of halogens is 1. The molecule has 1 heterocycles. The molecule has 1 aliphatic heterocycles. The summed E-state index contributed by atoms with van der Waals surface area (Å²) in [5.41, 5.74) is 8.79. The van der Waals surface area contributed by atoms with Crippen LogP contribution < -0.4 is 11.1 Å². The number of primary amides is 1. The number of nitrogens with zero attached hydrogens (tertiary/aromatic N) is 1. The SMILES string of the molecule is CC1=C(C(N)=O)[C@H](c2ccccc2)N=C(SCc2ccccc2Cl)N1. The molecule has 0 saturated carbocycles. The lowest BCUT2D eigenvalue weighted by Crippen LogP contribution is -2.32. The molecule has 2 aromatic rings. The fourth-order valence-electron chi connectivity index (χ4n) is 2.68. The number of benzene rings is 2. The van der Waals surface area contributed by atoms with Gasteiger partial charge in [0, 0.05) is 16.5 Å². The van der Waals surface area contributed by atoms with Crippen molar-refractivity contribution in [3.8, 4) is 0 Å². The fraction of sp³-hybridized carbons (Fsp3) is 0.158. The second kappa shape index (κ2) is 7.76. The van der Waals surface area contributed by atoms with Gasteiger partial charge in [0.1, 0.15) is 6.04 Å². The topological polar surface area (TPSA) is 67.5 Å². The van der Waals surface area contributed by atoms with Crippen molar-refractivity contribution in [2.75, 3.05) is 0 Å². The Morgan fingerprint density at radius 1 is 1.20 bits per heavy atom. The van der Waals surface area contributed by atoms with Gasteiger partial charge in [-0.1, -0.05) is 71.9 Å². The van der Waals surface area contributed by atoms with Gasteiger partial charge >= 0.3 is 0 Å². The van der Waals surface area contributed by atoms with E-state index < -0.39 is 11.9 Å². The highest BCUT2D eigenvalue weighted by Crippen LogP contribution is 2.32. The van der Waals surface area contributed by atoms with Crippen molar-refractivity contribution in [2.45, 2.75) is 18.7 Å². The van der Waals surface area contributed by atoms with E-state index in [0.717, 1.165) is 27.0 Å². The standard InChI is InChI=1S/C19H18ClN3OS/c1-12-16(18(21)24)17(13-7-3-2-4-8-13)23-19(22-12)25-11-14-9-5-6-10-15(14)20/h2-10,17H,11H2,1H3,(H2,21,24)(H,22,23)/t17-/m0/s1. The Hall–Kier alpha value is -2.24. The third-order valence-electron chi connectivity index (χ3n) is 3.92. The molecule has 0 bridgehead atoms. The summed E-state index contributed by atoms with van der Waals surface area (Å²) in [5, 5.41) is 4.66. The van der Waals surface area contributed by atoms with Crippen molar-refractivity contribution >= 4 is 34.4 Å². The van der Waals surface area contributed by atoms with Gasteiger partial charge in [0.25, 0.3) is 0 Å². The zero-order valence-corrected chi connectivity index (χ0v) is 15.3. The minimum absolute atomic E-state index is 0.395. The molecule has 0 radical (unpaired) electrons. The molecule has 2 aromatic carbocycles. The van der Waals surface area contributed by atoms with Gasteiger partial charge < -0.3 is 11.1 Å². The number of rotatable bonds is 4. The van der Waals surface area contributed by atoms with Crippen LogP contribution in [0.5, 0.6) is 0 Å². The van der Waals surface area contributed by atoms with Gasteiger partial charge in [0.2, 0.25) is 5.91 Å². The minimum atomic E-state index is -0.460. The molecule has 1 amide bonds. The summed E-state index contributed by atoms with van der Waals surface area (Å²) in [6.45, 7) is 1.85. The number of aliphatic imine (C=N–C) groups is 1. The second-order valence-electron chi connectivity index (χ2n) is 5.66. The highest BCUT2D eigenvalue weighted by atomic mass is 35.5. The zero-order chi connectivity index (χ0) is 17.8. The van der Waals surface area contributed by atoms with Crippen LogP contribution in [0.4, 0.5) is 0 Å². The number of nitrogens with two attached hydrogens (primary N) is 1. The van der Waals surface area contributed by atoms with Crippen LogP contribution in [0.15, 0.2) is 70.9 Å². The van der Waals surface area contributed by atoms with Gasteiger partial charge in [-0.3, -0.25) is 4.79 Å². The van der Waals surface area contributed by atoms with Gasteiger partial charge in [0.15, 0.2) is 5.17 Å². The highest BCUT2D eigenvalue weighted by molar-refractivity contribution is 8.13. The first-order valence-corrected chi connectivity index (χ1v) is 9.19. The molecule has 4 nitrogen and oxygen atoms in total. The number of amidine groups is 1. The van der Waals surface area contributed by atoms with Gasteiger partial charge in [0.05, 0.1) is 5.57 Å². The van der Waals surface area contributed by atoms with Crippen LogP contribution in [-0.2, 0) is 10.5 Å². The lowest BCUT2D eigenvalue weighted by Gasteiger charge is -2.25. The molecule has 0 aromatic heterocycles. The summed E-state index contributed by atoms with van der Waals surface area (Å²) in [6.07, 6.45) is 0. The van der Waals surface area contributed by atoms with Crippen LogP contribution in [0, 0.1) is 0 Å². The smallest absolute Gasteiger partial charge is 0.248 e. The van der Waals surface area contributed by atoms with E-state index in [1.54, 1.807) is 11.8 Å². The molecule has 1 aliphatic rings. The fourth-order valence-corrected chi connectivity index (χ4v) is 3.91. The molecule has 0 aliphatic carbocycles. The Labute approximate surface area is 156 Å². The minimum Gasteiger partial charge on any atom is -0.366 e. The first kappa shape index (κ1) is 17.6. The average Bonchev–Trinajstić information content (AvgIpc) is 2.61. The first-order valence-electron chi connectivity index (χ1n) is 7.83. The molecule has 0 unspecified atom stereocenters. The number of allylic oxidation sites excluding steroid dienone is 1. The van der Waals surface area contributed by atoms with Crippen molar-refractivity contribution in [1.29, 1.82) is 0 Å². The van der Waals surface area contributed by atoms with Crippen LogP contribution in [0.3, 0.4) is 0 Å². The molecule has 6 heteroatoms. The Balaban J connectivity index is 1.86. The van der Waals surface area contributed by atoms with Gasteiger partial charge in [-0.15, -0.1) is 0 Å². The maximum atomic E-state index is 11.9. The van der Waals surface area contributed by atoms with E-state index in [1.165, 1.54) is 0 Å². The van der Waals surface area contributed by atoms with E-state index >= 15 is 0 Å². The van der Waals surface area contributed by atoms with Crippen molar-refractivity contribution in [1.82, 2.24) is 5.32 Å². The van der Waals surface area contributed by atoms with Gasteiger partial charge in [-0.05, 0) is 24.1 Å². The molecular formula is C19H18ClN3OS. The van der Waals surface area contributed by atoms with Gasteiger partial charge in [-0.2, -0.15) is 0 Å². The molecule has 3 rings (SSSR count). The summed E-state index contributed by atoms with van der Waals surface area (Å²) in [7, 11) is 0. The Kier molecular flexibility index (Phi) is 5.46. The maximum absolute atomic E-state index is 11.9. The summed E-state index contributed by atoms with van der Waals surface area (Å²) in [5.74, 6) is 0.226. The van der Waals surface area contributed by atoms with Crippen LogP contribution in [0.1, 0.15) is 24.1 Å². The molecule has 0 saturated heterocycles. The average molecular weight is 372 g/mol. The molecule has 3 N–H and O–H groups in total. The number of amides is 1. The number of nitrogens with one attached hydrogen (secondary N) is 1. The van der Waals surface area contributed by atoms with Crippen molar-refractivity contribution in [3.05, 3.63) is 82.0 Å². The molecule has 0 spiro atoms. The number of carbonyl (C=O) groups excluding carboxylic acids is 1. The first-order chi connectivity index (χ1) is 12.1. The lowest BCUT2D eigenvalue weighted by atomic mass is 9.96. The predicted octanol–water partition coefficient (Wildman–Crippen LogP) is 4.03. The summed E-state index contributed by atoms with van der Waals surface area (Å²) >= 11 is 7.76. The van der Waals surface area contributed by atoms with Crippen LogP contribution in [-0.4, -0.2) is 11.1 Å². The Bertz CT molecular complexity index is 849. The zero-order valence-electron chi connectivity index (χ0n) is 13.7. The largest absolute Gasteiger partial charge is 0.366 e. The molecule has 128 valence electrons. The number of thioether (sulfide) groups is 1. The number of hydrogen-bond acceptors (Lipinski definition) is 4. The van der Waals surface area contributed by atoms with Gasteiger partial charge in [-0.25, -0.2) is 4.99 Å². The van der Waals surface area contributed by atoms with E-state index in [9.17, 15) is 4.79 Å². The normalized spacial score (nSPS) is 17.0. The van der Waals surface area contributed by atoms with Crippen LogP contribution in [0.25, 0.3) is 0 Å². The third kappa shape index (κ3) is 4.06. The molecule has 25 heavy (non-hydrogen) atoms. The predicted molar refractivity (Wildman–Crippen MR) is 104 cm³/mol. The number of hydrogen-bond donors (Lipinski definition) is 2. The van der Waals surface area contributed by atoms with E-state index in [-0.39, 0.29) is 0 Å². The molecular weight excluding hydrogens is 354 g/mol. The third-order valence-corrected chi connectivity index (χ3v) is 5.23. The monoisotopic (exact) mass is 371 g/mol. The van der Waals surface area contributed by atoms with Crippen molar-refractivity contribution in [2.24, 2.45) is 10.7 Å². The highest BCUT2D eigenvalue weighted by Gasteiger charge is 2.27. The number of carbonyl (C=O) groups is 1. The van der Waals surface area contributed by atoms with E-state index in [4.69, 9.17) is 22.3 Å². The quantitative estimate of drug-likeness (QED) is 0.852. The van der Waals surface area contributed by atoms with Crippen LogP contribution >= 0.6 is 23.4 Å². The van der Waals surface area contributed by atoms with Crippen molar-refractivity contribution < 1.29 is 4.79 Å². The second-order valence-corrected chi connectivity index (χ2v) is 7.03. The molecule has 1 atom stereocenters. The Morgan fingerprint density at radius 3 is 2.56 bits per heavy atom. The van der Waals surface area contributed by atoms with Crippen molar-refractivity contribution in [3.63, 3.8) is 0 Å². The maximum Gasteiger partial charge on any atom is 0.248 e. The Morgan fingerprint density at radius 2 is 1.88 bits per heavy atom. The van der Waals surface area contributed by atoms with E-state index in [0.29, 0.717) is 11.3 Å². The van der Waals surface area contributed by atoms with Crippen LogP contribution in [0.2, 0.25) is 5.02 Å². The molecule has 0 fully saturated rings. The summed E-state index contributed by atoms with van der Waals surface area (Å²) in [4.78, 5) is 16.6. The summed E-state index contributed by atoms with van der Waals surface area (Å²) in [6, 6.07) is 17.0. The lowest BCUT2D eigenvalue weighted by molar-refractivity contribution is -0.114. The summed E-state index contributed by atoms with van der Waals surface area (Å²) < 4.78 is 0.